The maximum atomic E-state index is 13.3. The second kappa shape index (κ2) is 5.18. The Labute approximate surface area is 125 Å². The molecule has 1 heterocycles. The fourth-order valence-corrected chi connectivity index (χ4v) is 2.22. The van der Waals surface area contributed by atoms with E-state index in [9.17, 15) is 4.39 Å². The SMILES string of the molecule is Cc1cc(-c2noc(-c3cc(N)cc(Cl)c3)n2)ccc1F. The van der Waals surface area contributed by atoms with Crippen molar-refractivity contribution in [1.29, 1.82) is 0 Å². The largest absolute Gasteiger partial charge is 0.399 e. The van der Waals surface area contributed by atoms with Crippen LogP contribution in [0.1, 0.15) is 5.56 Å². The normalized spacial score (nSPS) is 10.8. The molecule has 0 aliphatic carbocycles. The highest BCUT2D eigenvalue weighted by Gasteiger charge is 2.12. The molecule has 0 saturated carbocycles. The first kappa shape index (κ1) is 13.6. The van der Waals surface area contributed by atoms with Gasteiger partial charge in [0, 0.05) is 21.8 Å². The number of aryl methyl sites for hydroxylation is 1. The van der Waals surface area contributed by atoms with Gasteiger partial charge >= 0.3 is 0 Å². The molecule has 106 valence electrons. The Kier molecular flexibility index (Phi) is 3.35. The zero-order valence-electron chi connectivity index (χ0n) is 11.1. The molecule has 3 aromatic rings. The molecular weight excluding hydrogens is 293 g/mol. The second-order valence-electron chi connectivity index (χ2n) is 4.66. The molecule has 0 fully saturated rings. The highest BCUT2D eigenvalue weighted by Crippen LogP contribution is 2.27. The van der Waals surface area contributed by atoms with Gasteiger partial charge in [-0.15, -0.1) is 0 Å². The first-order valence-electron chi connectivity index (χ1n) is 6.19. The number of hydrogen-bond donors (Lipinski definition) is 1. The Bertz CT molecular complexity index is 796. The van der Waals surface area contributed by atoms with Gasteiger partial charge in [-0.25, -0.2) is 4.39 Å². The quantitative estimate of drug-likeness (QED) is 0.724. The second-order valence-corrected chi connectivity index (χ2v) is 5.10. The molecule has 0 saturated heterocycles. The third-order valence-electron chi connectivity index (χ3n) is 3.01. The summed E-state index contributed by atoms with van der Waals surface area (Å²) in [6.45, 7) is 1.68. The summed E-state index contributed by atoms with van der Waals surface area (Å²) < 4.78 is 18.5. The molecule has 21 heavy (non-hydrogen) atoms. The van der Waals surface area contributed by atoms with Gasteiger partial charge in [0.05, 0.1) is 0 Å². The third-order valence-corrected chi connectivity index (χ3v) is 3.23. The maximum Gasteiger partial charge on any atom is 0.258 e. The molecular formula is C15H11ClFN3O. The van der Waals surface area contributed by atoms with E-state index in [0.29, 0.717) is 39.1 Å². The summed E-state index contributed by atoms with van der Waals surface area (Å²) in [5, 5.41) is 4.39. The minimum absolute atomic E-state index is 0.273. The van der Waals surface area contributed by atoms with Gasteiger partial charge in [-0.1, -0.05) is 16.8 Å². The third kappa shape index (κ3) is 2.73. The molecule has 3 rings (SSSR count). The Morgan fingerprint density at radius 1 is 1.14 bits per heavy atom. The van der Waals surface area contributed by atoms with E-state index in [2.05, 4.69) is 10.1 Å². The summed E-state index contributed by atoms with van der Waals surface area (Å²) in [4.78, 5) is 4.29. The van der Waals surface area contributed by atoms with Crippen molar-refractivity contribution in [2.24, 2.45) is 0 Å². The fraction of sp³-hybridized carbons (Fsp3) is 0.0667. The van der Waals surface area contributed by atoms with E-state index in [1.165, 1.54) is 6.07 Å². The summed E-state index contributed by atoms with van der Waals surface area (Å²) >= 11 is 5.95. The zero-order valence-corrected chi connectivity index (χ0v) is 11.9. The maximum absolute atomic E-state index is 13.3. The molecule has 0 atom stereocenters. The number of nitrogen functional groups attached to an aromatic ring is 1. The highest BCUT2D eigenvalue weighted by molar-refractivity contribution is 6.31. The average Bonchev–Trinajstić information content (AvgIpc) is 2.90. The van der Waals surface area contributed by atoms with Crippen LogP contribution in [0.2, 0.25) is 5.02 Å². The first-order chi connectivity index (χ1) is 10.0. The fourth-order valence-electron chi connectivity index (χ4n) is 1.98. The van der Waals surface area contributed by atoms with Crippen LogP contribution in [-0.4, -0.2) is 10.1 Å². The molecule has 0 spiro atoms. The minimum atomic E-state index is -0.273. The summed E-state index contributed by atoms with van der Waals surface area (Å²) in [5.41, 5.74) is 8.08. The van der Waals surface area contributed by atoms with Crippen LogP contribution < -0.4 is 5.73 Å². The molecule has 2 aromatic carbocycles. The number of rotatable bonds is 2. The number of anilines is 1. The topological polar surface area (TPSA) is 64.9 Å². The number of aromatic nitrogens is 2. The van der Waals surface area contributed by atoms with Crippen molar-refractivity contribution in [1.82, 2.24) is 10.1 Å². The smallest absolute Gasteiger partial charge is 0.258 e. The van der Waals surface area contributed by atoms with Gasteiger partial charge in [-0.3, -0.25) is 0 Å². The molecule has 0 amide bonds. The van der Waals surface area contributed by atoms with Gasteiger partial charge < -0.3 is 10.3 Å². The Balaban J connectivity index is 2.01. The van der Waals surface area contributed by atoms with Crippen LogP contribution in [0.25, 0.3) is 22.8 Å². The predicted octanol–water partition coefficient (Wildman–Crippen LogP) is 4.09. The van der Waals surface area contributed by atoms with E-state index in [1.54, 1.807) is 37.3 Å². The minimum Gasteiger partial charge on any atom is -0.399 e. The van der Waals surface area contributed by atoms with Crippen molar-refractivity contribution in [2.45, 2.75) is 6.92 Å². The van der Waals surface area contributed by atoms with Gasteiger partial charge in [0.25, 0.3) is 5.89 Å². The Morgan fingerprint density at radius 3 is 2.67 bits per heavy atom. The van der Waals surface area contributed by atoms with Crippen molar-refractivity contribution in [2.75, 3.05) is 5.73 Å². The van der Waals surface area contributed by atoms with Crippen LogP contribution in [0.5, 0.6) is 0 Å². The zero-order chi connectivity index (χ0) is 15.0. The molecule has 0 radical (unpaired) electrons. The lowest BCUT2D eigenvalue weighted by molar-refractivity contribution is 0.432. The molecule has 0 unspecified atom stereocenters. The summed E-state index contributed by atoms with van der Waals surface area (Å²) in [7, 11) is 0. The number of nitrogens with zero attached hydrogens (tertiary/aromatic N) is 2. The van der Waals surface area contributed by atoms with E-state index in [-0.39, 0.29) is 5.82 Å². The summed E-state index contributed by atoms with van der Waals surface area (Å²) in [6.07, 6.45) is 0. The first-order valence-corrected chi connectivity index (χ1v) is 6.57. The highest BCUT2D eigenvalue weighted by atomic mass is 35.5. The van der Waals surface area contributed by atoms with Crippen LogP contribution in [0.4, 0.5) is 10.1 Å². The molecule has 0 bridgehead atoms. The summed E-state index contributed by atoms with van der Waals surface area (Å²) in [6, 6.07) is 9.65. The van der Waals surface area contributed by atoms with Crippen molar-refractivity contribution in [3.05, 3.63) is 52.8 Å². The van der Waals surface area contributed by atoms with Gasteiger partial charge in [0.15, 0.2) is 0 Å². The number of hydrogen-bond acceptors (Lipinski definition) is 4. The lowest BCUT2D eigenvalue weighted by atomic mass is 10.1. The lowest BCUT2D eigenvalue weighted by Gasteiger charge is -1.99. The van der Waals surface area contributed by atoms with Crippen LogP contribution in [-0.2, 0) is 0 Å². The molecule has 4 nitrogen and oxygen atoms in total. The molecule has 0 aliphatic rings. The number of benzene rings is 2. The average molecular weight is 304 g/mol. The number of nitrogens with two attached hydrogens (primary N) is 1. The standard InChI is InChI=1S/C15H11ClFN3O/c1-8-4-9(2-3-13(8)17)14-19-15(21-20-14)10-5-11(16)7-12(18)6-10/h2-7H,18H2,1H3. The van der Waals surface area contributed by atoms with E-state index in [4.69, 9.17) is 21.9 Å². The Hall–Kier alpha value is -2.40. The summed E-state index contributed by atoms with van der Waals surface area (Å²) in [5.74, 6) is 0.415. The van der Waals surface area contributed by atoms with Crippen molar-refractivity contribution < 1.29 is 8.91 Å². The van der Waals surface area contributed by atoms with Gasteiger partial charge in [-0.2, -0.15) is 4.98 Å². The van der Waals surface area contributed by atoms with E-state index < -0.39 is 0 Å². The van der Waals surface area contributed by atoms with Crippen molar-refractivity contribution in [3.8, 4) is 22.8 Å². The monoisotopic (exact) mass is 303 g/mol. The molecule has 6 heteroatoms. The van der Waals surface area contributed by atoms with Crippen LogP contribution >= 0.6 is 11.6 Å². The van der Waals surface area contributed by atoms with Crippen LogP contribution in [0.15, 0.2) is 40.9 Å². The van der Waals surface area contributed by atoms with E-state index >= 15 is 0 Å². The lowest BCUT2D eigenvalue weighted by Crippen LogP contribution is -1.87. The van der Waals surface area contributed by atoms with Gasteiger partial charge in [0.1, 0.15) is 5.82 Å². The molecule has 1 aromatic heterocycles. The van der Waals surface area contributed by atoms with Crippen LogP contribution in [0, 0.1) is 12.7 Å². The molecule has 0 aliphatic heterocycles. The van der Waals surface area contributed by atoms with Crippen LogP contribution in [0.3, 0.4) is 0 Å². The van der Waals surface area contributed by atoms with Gasteiger partial charge in [0.2, 0.25) is 5.82 Å². The van der Waals surface area contributed by atoms with Crippen molar-refractivity contribution in [3.63, 3.8) is 0 Å². The van der Waals surface area contributed by atoms with E-state index in [1.807, 2.05) is 0 Å². The molecule has 2 N–H and O–H groups in total. The van der Waals surface area contributed by atoms with Crippen molar-refractivity contribution >= 4 is 17.3 Å². The number of halogens is 2. The van der Waals surface area contributed by atoms with E-state index in [0.717, 1.165) is 0 Å². The predicted molar refractivity (Wildman–Crippen MR) is 79.3 cm³/mol. The Morgan fingerprint density at radius 2 is 1.95 bits per heavy atom. The van der Waals surface area contributed by atoms with Gasteiger partial charge in [-0.05, 0) is 48.9 Å².